The summed E-state index contributed by atoms with van der Waals surface area (Å²) >= 11 is 7.12. The number of thiophene rings is 1. The first-order valence-corrected chi connectivity index (χ1v) is 10.4. The molecular formula is C19H20ClN5O3S. The zero-order chi connectivity index (χ0) is 20.4. The number of nitrogens with zero attached hydrogens (tertiary/aromatic N) is 1. The Morgan fingerprint density at radius 3 is 2.83 bits per heavy atom. The van der Waals surface area contributed by atoms with Crippen LogP contribution in [0.5, 0.6) is 0 Å². The van der Waals surface area contributed by atoms with Crippen LogP contribution in [0.1, 0.15) is 27.0 Å². The van der Waals surface area contributed by atoms with Crippen LogP contribution in [-0.4, -0.2) is 53.9 Å². The highest BCUT2D eigenvalue weighted by atomic mass is 35.5. The number of aromatic nitrogens is 2. The van der Waals surface area contributed by atoms with E-state index in [9.17, 15) is 9.59 Å². The molecule has 152 valence electrons. The molecule has 0 aliphatic carbocycles. The standard InChI is InChI=1S/C19H20ClN5O3S/c1-10(14-9-21-6-7-28-14)22-18(27)15-8-13-16(24-25-19(13)29-15)23-17(26)11-2-4-12(20)5-3-11/h2-5,8,10,14,21H,6-7,9H2,1H3,(H,22,27)(H2,23,24,25,26). The van der Waals surface area contributed by atoms with Gasteiger partial charge in [0.2, 0.25) is 0 Å². The minimum Gasteiger partial charge on any atom is -0.373 e. The maximum Gasteiger partial charge on any atom is 0.261 e. The van der Waals surface area contributed by atoms with Gasteiger partial charge in [0.1, 0.15) is 10.6 Å². The lowest BCUT2D eigenvalue weighted by atomic mass is 10.1. The molecule has 2 aromatic heterocycles. The molecule has 0 saturated carbocycles. The van der Waals surface area contributed by atoms with Crippen molar-refractivity contribution in [3.8, 4) is 0 Å². The molecule has 2 atom stereocenters. The fourth-order valence-electron chi connectivity index (χ4n) is 3.08. The number of rotatable bonds is 5. The van der Waals surface area contributed by atoms with E-state index >= 15 is 0 Å². The summed E-state index contributed by atoms with van der Waals surface area (Å²) in [7, 11) is 0. The summed E-state index contributed by atoms with van der Waals surface area (Å²) in [5.74, 6) is -0.0345. The lowest BCUT2D eigenvalue weighted by Crippen LogP contribution is -2.50. The molecule has 8 nitrogen and oxygen atoms in total. The van der Waals surface area contributed by atoms with E-state index in [2.05, 4.69) is 26.1 Å². The van der Waals surface area contributed by atoms with Crippen molar-refractivity contribution in [1.82, 2.24) is 20.8 Å². The second-order valence-corrected chi connectivity index (χ2v) is 8.23. The Balaban J connectivity index is 1.46. The van der Waals surface area contributed by atoms with E-state index in [0.717, 1.165) is 6.54 Å². The van der Waals surface area contributed by atoms with Crippen LogP contribution in [0.15, 0.2) is 30.3 Å². The SMILES string of the molecule is CC(NC(=O)c1cc2c(NC(=O)c3ccc(Cl)cc3)[nH]nc2s1)C1CNCCO1. The van der Waals surface area contributed by atoms with Crippen LogP contribution in [0, 0.1) is 0 Å². The summed E-state index contributed by atoms with van der Waals surface area (Å²) in [5.41, 5.74) is 0.472. The molecule has 0 radical (unpaired) electrons. The first-order chi connectivity index (χ1) is 14.0. The van der Waals surface area contributed by atoms with Gasteiger partial charge in [0.15, 0.2) is 0 Å². The number of H-pyrrole nitrogens is 1. The van der Waals surface area contributed by atoms with Crippen LogP contribution in [0.4, 0.5) is 5.82 Å². The van der Waals surface area contributed by atoms with Crippen molar-refractivity contribution in [2.24, 2.45) is 0 Å². The third-order valence-electron chi connectivity index (χ3n) is 4.69. The molecule has 1 fully saturated rings. The second kappa shape index (κ2) is 8.50. The van der Waals surface area contributed by atoms with Crippen LogP contribution < -0.4 is 16.0 Å². The summed E-state index contributed by atoms with van der Waals surface area (Å²) < 4.78 is 5.69. The molecule has 1 aliphatic rings. The summed E-state index contributed by atoms with van der Waals surface area (Å²) in [6.45, 7) is 4.08. The highest BCUT2D eigenvalue weighted by Gasteiger charge is 2.24. The van der Waals surface area contributed by atoms with E-state index in [-0.39, 0.29) is 24.0 Å². The Bertz CT molecular complexity index is 1030. The Hall–Kier alpha value is -2.46. The topological polar surface area (TPSA) is 108 Å². The number of aromatic amines is 1. The van der Waals surface area contributed by atoms with E-state index in [0.29, 0.717) is 44.6 Å². The molecule has 10 heteroatoms. The third-order valence-corrected chi connectivity index (χ3v) is 5.97. The fourth-order valence-corrected chi connectivity index (χ4v) is 4.11. The monoisotopic (exact) mass is 433 g/mol. The van der Waals surface area contributed by atoms with Gasteiger partial charge < -0.3 is 20.7 Å². The molecule has 1 aliphatic heterocycles. The van der Waals surface area contributed by atoms with Gasteiger partial charge in [-0.1, -0.05) is 11.6 Å². The van der Waals surface area contributed by atoms with Crippen LogP contribution in [0.25, 0.3) is 10.2 Å². The third kappa shape index (κ3) is 4.43. The minimum absolute atomic E-state index is 0.0633. The highest BCUT2D eigenvalue weighted by molar-refractivity contribution is 7.20. The quantitative estimate of drug-likeness (QED) is 0.494. The number of ether oxygens (including phenoxy) is 1. The van der Waals surface area contributed by atoms with Crippen molar-refractivity contribution < 1.29 is 14.3 Å². The van der Waals surface area contributed by atoms with Gasteiger partial charge in [-0.15, -0.1) is 11.3 Å². The van der Waals surface area contributed by atoms with Crippen molar-refractivity contribution in [2.45, 2.75) is 19.1 Å². The normalized spacial score (nSPS) is 17.8. The predicted molar refractivity (Wildman–Crippen MR) is 113 cm³/mol. The van der Waals surface area contributed by atoms with Crippen molar-refractivity contribution >= 4 is 50.8 Å². The number of nitrogens with one attached hydrogen (secondary N) is 4. The molecule has 29 heavy (non-hydrogen) atoms. The van der Waals surface area contributed by atoms with Crippen molar-refractivity contribution in [3.63, 3.8) is 0 Å². The van der Waals surface area contributed by atoms with Gasteiger partial charge in [0, 0.05) is 23.7 Å². The Morgan fingerprint density at radius 1 is 1.31 bits per heavy atom. The molecule has 4 N–H and O–H groups in total. The van der Waals surface area contributed by atoms with E-state index in [1.165, 1.54) is 11.3 Å². The number of benzene rings is 1. The van der Waals surface area contributed by atoms with Gasteiger partial charge in [0.25, 0.3) is 11.8 Å². The van der Waals surface area contributed by atoms with Gasteiger partial charge in [-0.3, -0.25) is 14.7 Å². The van der Waals surface area contributed by atoms with E-state index < -0.39 is 0 Å². The number of amides is 2. The zero-order valence-corrected chi connectivity index (χ0v) is 17.2. The summed E-state index contributed by atoms with van der Waals surface area (Å²) in [6, 6.07) is 8.18. The second-order valence-electron chi connectivity index (χ2n) is 6.76. The molecule has 1 aromatic carbocycles. The lowest BCUT2D eigenvalue weighted by Gasteiger charge is -2.29. The molecular weight excluding hydrogens is 414 g/mol. The Kier molecular flexibility index (Phi) is 5.81. The van der Waals surface area contributed by atoms with Crippen molar-refractivity contribution in [2.75, 3.05) is 25.0 Å². The number of carbonyl (C=O) groups is 2. The van der Waals surface area contributed by atoms with Gasteiger partial charge in [-0.05, 0) is 37.3 Å². The maximum atomic E-state index is 12.6. The first kappa shape index (κ1) is 19.8. The number of morpholine rings is 1. The molecule has 2 amide bonds. The van der Waals surface area contributed by atoms with Crippen molar-refractivity contribution in [3.05, 3.63) is 45.8 Å². The maximum absolute atomic E-state index is 12.6. The molecule has 2 unspecified atom stereocenters. The molecule has 4 rings (SSSR count). The van der Waals surface area contributed by atoms with Crippen LogP contribution in [-0.2, 0) is 4.74 Å². The molecule has 0 bridgehead atoms. The minimum atomic E-state index is -0.292. The molecule has 1 saturated heterocycles. The zero-order valence-electron chi connectivity index (χ0n) is 15.6. The first-order valence-electron chi connectivity index (χ1n) is 9.19. The lowest BCUT2D eigenvalue weighted by molar-refractivity contribution is 0.00864. The number of hydrogen-bond donors (Lipinski definition) is 4. The number of carbonyl (C=O) groups excluding carboxylic acids is 2. The number of hydrogen-bond acceptors (Lipinski definition) is 6. The molecule has 3 aromatic rings. The van der Waals surface area contributed by atoms with E-state index in [4.69, 9.17) is 16.3 Å². The fraction of sp³-hybridized carbons (Fsp3) is 0.316. The average molecular weight is 434 g/mol. The molecule has 3 heterocycles. The number of halogens is 1. The van der Waals surface area contributed by atoms with Crippen LogP contribution in [0.2, 0.25) is 5.02 Å². The van der Waals surface area contributed by atoms with Crippen LogP contribution in [0.3, 0.4) is 0 Å². The Morgan fingerprint density at radius 2 is 2.10 bits per heavy atom. The van der Waals surface area contributed by atoms with Gasteiger partial charge in [0.05, 0.1) is 29.0 Å². The average Bonchev–Trinajstić information content (AvgIpc) is 3.31. The molecule has 0 spiro atoms. The number of anilines is 1. The summed E-state index contributed by atoms with van der Waals surface area (Å²) in [5, 5.41) is 17.3. The largest absolute Gasteiger partial charge is 0.373 e. The van der Waals surface area contributed by atoms with Crippen molar-refractivity contribution in [1.29, 1.82) is 0 Å². The summed E-state index contributed by atoms with van der Waals surface area (Å²) in [6.07, 6.45) is -0.0633. The van der Waals surface area contributed by atoms with Gasteiger partial charge in [-0.25, -0.2) is 0 Å². The van der Waals surface area contributed by atoms with Gasteiger partial charge in [-0.2, -0.15) is 5.10 Å². The van der Waals surface area contributed by atoms with Crippen LogP contribution >= 0.6 is 22.9 Å². The summed E-state index contributed by atoms with van der Waals surface area (Å²) in [4.78, 5) is 26.2. The smallest absolute Gasteiger partial charge is 0.261 e. The van der Waals surface area contributed by atoms with Gasteiger partial charge >= 0.3 is 0 Å². The van der Waals surface area contributed by atoms with E-state index in [1.54, 1.807) is 30.3 Å². The van der Waals surface area contributed by atoms with E-state index in [1.807, 2.05) is 6.92 Å². The predicted octanol–water partition coefficient (Wildman–Crippen LogP) is 2.64. The number of fused-ring (bicyclic) bond motifs is 1. The Labute approximate surface area is 176 Å². The highest BCUT2D eigenvalue weighted by Crippen LogP contribution is 2.29.